The summed E-state index contributed by atoms with van der Waals surface area (Å²) in [4.78, 5) is 18.2. The first kappa shape index (κ1) is 13.7. The molecule has 3 rings (SSSR count). The molecule has 0 saturated carbocycles. The number of nitrogens with one attached hydrogen (secondary N) is 1. The number of hydrogen-bond donors (Lipinski definition) is 1. The number of hydrogen-bond acceptors (Lipinski definition) is 6. The maximum absolute atomic E-state index is 12.1. The lowest BCUT2D eigenvalue weighted by Gasteiger charge is -2.23. The third-order valence-electron chi connectivity index (χ3n) is 3.60. The fourth-order valence-electron chi connectivity index (χ4n) is 2.64. The van der Waals surface area contributed by atoms with Crippen molar-refractivity contribution in [1.29, 1.82) is 0 Å². The second kappa shape index (κ2) is 6.04. The number of nitrogens with zero attached hydrogens (tertiary/aromatic N) is 5. The van der Waals surface area contributed by atoms with Crippen LogP contribution in [0.2, 0.25) is 0 Å². The van der Waals surface area contributed by atoms with Gasteiger partial charge in [0.25, 0.3) is 0 Å². The standard InChI is InChI=1S/C13H18N6O2/c1-10-5-13(21-17-10)16-12(20)7-18-4-2-3-11(18)6-19-9-14-8-15-19/h5,8-9,11H,2-4,6-7H2,1H3,(H,16,20). The van der Waals surface area contributed by atoms with Gasteiger partial charge in [0, 0.05) is 12.1 Å². The van der Waals surface area contributed by atoms with E-state index < -0.39 is 0 Å². The van der Waals surface area contributed by atoms with Crippen molar-refractivity contribution in [2.75, 3.05) is 18.4 Å². The number of aryl methyl sites for hydroxylation is 1. The van der Waals surface area contributed by atoms with Gasteiger partial charge >= 0.3 is 0 Å². The van der Waals surface area contributed by atoms with E-state index in [2.05, 4.69) is 25.5 Å². The number of carbonyl (C=O) groups is 1. The van der Waals surface area contributed by atoms with Crippen LogP contribution in [0.5, 0.6) is 0 Å². The number of anilines is 1. The molecule has 0 bridgehead atoms. The third kappa shape index (κ3) is 3.46. The molecule has 1 aliphatic heterocycles. The summed E-state index contributed by atoms with van der Waals surface area (Å²) in [7, 11) is 0. The molecule has 8 heteroatoms. The van der Waals surface area contributed by atoms with E-state index in [9.17, 15) is 4.79 Å². The topological polar surface area (TPSA) is 89.1 Å². The lowest BCUT2D eigenvalue weighted by Crippen LogP contribution is -2.39. The second-order valence-corrected chi connectivity index (χ2v) is 5.26. The normalized spacial score (nSPS) is 19.0. The summed E-state index contributed by atoms with van der Waals surface area (Å²) < 4.78 is 6.79. The van der Waals surface area contributed by atoms with Crippen LogP contribution in [0.3, 0.4) is 0 Å². The second-order valence-electron chi connectivity index (χ2n) is 5.26. The Morgan fingerprint density at radius 3 is 3.19 bits per heavy atom. The van der Waals surface area contributed by atoms with Crippen molar-refractivity contribution in [2.45, 2.75) is 32.4 Å². The van der Waals surface area contributed by atoms with Gasteiger partial charge in [0.1, 0.15) is 12.7 Å². The Kier molecular flexibility index (Phi) is 3.96. The smallest absolute Gasteiger partial charge is 0.240 e. The van der Waals surface area contributed by atoms with Crippen molar-refractivity contribution >= 4 is 11.8 Å². The van der Waals surface area contributed by atoms with Gasteiger partial charge in [-0.25, -0.2) is 4.98 Å². The minimum absolute atomic E-state index is 0.0864. The Balaban J connectivity index is 1.54. The predicted molar refractivity (Wildman–Crippen MR) is 74.5 cm³/mol. The van der Waals surface area contributed by atoms with Crippen molar-refractivity contribution in [3.63, 3.8) is 0 Å². The highest BCUT2D eigenvalue weighted by atomic mass is 16.5. The molecule has 112 valence electrons. The first-order chi connectivity index (χ1) is 10.2. The van der Waals surface area contributed by atoms with Crippen LogP contribution in [0.1, 0.15) is 18.5 Å². The average molecular weight is 290 g/mol. The molecular weight excluding hydrogens is 272 g/mol. The minimum Gasteiger partial charge on any atom is -0.338 e. The van der Waals surface area contributed by atoms with Crippen LogP contribution in [-0.2, 0) is 11.3 Å². The van der Waals surface area contributed by atoms with Gasteiger partial charge in [-0.3, -0.25) is 19.7 Å². The van der Waals surface area contributed by atoms with E-state index in [4.69, 9.17) is 4.52 Å². The van der Waals surface area contributed by atoms with Gasteiger partial charge in [0.05, 0.1) is 18.8 Å². The number of carbonyl (C=O) groups excluding carboxylic acids is 1. The lowest BCUT2D eigenvalue weighted by atomic mass is 10.2. The molecule has 2 aromatic heterocycles. The summed E-state index contributed by atoms with van der Waals surface area (Å²) in [6.45, 7) is 3.84. The highest BCUT2D eigenvalue weighted by Crippen LogP contribution is 2.18. The molecule has 2 aromatic rings. The highest BCUT2D eigenvalue weighted by Gasteiger charge is 2.27. The molecule has 8 nitrogen and oxygen atoms in total. The van der Waals surface area contributed by atoms with Crippen LogP contribution < -0.4 is 5.32 Å². The van der Waals surface area contributed by atoms with E-state index in [0.29, 0.717) is 18.5 Å². The van der Waals surface area contributed by atoms with Gasteiger partial charge in [0.15, 0.2) is 0 Å². The Morgan fingerprint density at radius 1 is 1.57 bits per heavy atom. The van der Waals surface area contributed by atoms with Gasteiger partial charge in [-0.05, 0) is 26.3 Å². The van der Waals surface area contributed by atoms with Crippen molar-refractivity contribution in [2.24, 2.45) is 0 Å². The van der Waals surface area contributed by atoms with E-state index in [-0.39, 0.29) is 5.91 Å². The molecule has 3 heterocycles. The quantitative estimate of drug-likeness (QED) is 0.871. The first-order valence-electron chi connectivity index (χ1n) is 7.00. The van der Waals surface area contributed by atoms with Crippen LogP contribution >= 0.6 is 0 Å². The van der Waals surface area contributed by atoms with E-state index >= 15 is 0 Å². The molecular formula is C13H18N6O2. The molecule has 1 saturated heterocycles. The van der Waals surface area contributed by atoms with Crippen LogP contribution in [-0.4, -0.2) is 49.9 Å². The van der Waals surface area contributed by atoms with Gasteiger partial charge in [0.2, 0.25) is 11.8 Å². The zero-order valence-corrected chi connectivity index (χ0v) is 11.9. The van der Waals surface area contributed by atoms with E-state index in [1.165, 1.54) is 6.33 Å². The van der Waals surface area contributed by atoms with Crippen molar-refractivity contribution in [3.05, 3.63) is 24.4 Å². The number of amides is 1. The summed E-state index contributed by atoms with van der Waals surface area (Å²) in [5.74, 6) is 0.307. The maximum atomic E-state index is 12.1. The number of rotatable bonds is 5. The van der Waals surface area contributed by atoms with Crippen molar-refractivity contribution in [3.8, 4) is 0 Å². The lowest BCUT2D eigenvalue weighted by molar-refractivity contribution is -0.117. The molecule has 1 amide bonds. The summed E-state index contributed by atoms with van der Waals surface area (Å²) in [5, 5.41) is 10.6. The molecule has 21 heavy (non-hydrogen) atoms. The molecule has 0 radical (unpaired) electrons. The molecule has 1 atom stereocenters. The number of aromatic nitrogens is 4. The van der Waals surface area contributed by atoms with Gasteiger partial charge in [-0.1, -0.05) is 5.16 Å². The zero-order chi connectivity index (χ0) is 14.7. The van der Waals surface area contributed by atoms with Crippen LogP contribution in [0.4, 0.5) is 5.88 Å². The van der Waals surface area contributed by atoms with Crippen LogP contribution in [0.15, 0.2) is 23.2 Å². The zero-order valence-electron chi connectivity index (χ0n) is 11.9. The SMILES string of the molecule is Cc1cc(NC(=O)CN2CCCC2Cn2cncn2)on1. The summed E-state index contributed by atoms with van der Waals surface area (Å²) >= 11 is 0. The fourth-order valence-corrected chi connectivity index (χ4v) is 2.64. The Hall–Kier alpha value is -2.22. The third-order valence-corrected chi connectivity index (χ3v) is 3.60. The predicted octanol–water partition coefficient (Wildman–Crippen LogP) is 0.678. The summed E-state index contributed by atoms with van der Waals surface area (Å²) in [5.41, 5.74) is 0.746. The van der Waals surface area contributed by atoms with Crippen molar-refractivity contribution < 1.29 is 9.32 Å². The Morgan fingerprint density at radius 2 is 2.48 bits per heavy atom. The van der Waals surface area contributed by atoms with Crippen LogP contribution in [0, 0.1) is 6.92 Å². The number of likely N-dealkylation sites (tertiary alicyclic amines) is 1. The molecule has 1 N–H and O–H groups in total. The fraction of sp³-hybridized carbons (Fsp3) is 0.538. The van der Waals surface area contributed by atoms with E-state index in [1.807, 2.05) is 6.92 Å². The van der Waals surface area contributed by atoms with E-state index in [1.54, 1.807) is 17.1 Å². The largest absolute Gasteiger partial charge is 0.338 e. The average Bonchev–Trinajstić information content (AvgIpc) is 3.15. The summed E-state index contributed by atoms with van der Waals surface area (Å²) in [6, 6.07) is 2.02. The van der Waals surface area contributed by atoms with E-state index in [0.717, 1.165) is 31.6 Å². The Bertz CT molecular complexity index is 594. The molecule has 0 aromatic carbocycles. The van der Waals surface area contributed by atoms with Gasteiger partial charge in [-0.15, -0.1) is 0 Å². The monoisotopic (exact) mass is 290 g/mol. The van der Waals surface area contributed by atoms with Gasteiger partial charge < -0.3 is 4.52 Å². The molecule has 1 unspecified atom stereocenters. The van der Waals surface area contributed by atoms with Gasteiger partial charge in [-0.2, -0.15) is 5.10 Å². The minimum atomic E-state index is -0.0864. The molecule has 1 aliphatic rings. The molecule has 0 aliphatic carbocycles. The van der Waals surface area contributed by atoms with Crippen LogP contribution in [0.25, 0.3) is 0 Å². The Labute approximate surface area is 122 Å². The first-order valence-corrected chi connectivity index (χ1v) is 7.00. The molecule has 0 spiro atoms. The molecule has 1 fully saturated rings. The van der Waals surface area contributed by atoms with Crippen molar-refractivity contribution in [1.82, 2.24) is 24.8 Å². The highest BCUT2D eigenvalue weighted by molar-refractivity contribution is 5.91. The maximum Gasteiger partial charge on any atom is 0.240 e. The summed E-state index contributed by atoms with van der Waals surface area (Å²) in [6.07, 6.45) is 5.38.